The standard InChI is InChI=1S/C4H9NO/c1-3-2-4(3)5-6/h3-6H,2H2,1H3/t3?,4-/m0/s1. The van der Waals surface area contributed by atoms with Gasteiger partial charge in [0.05, 0.1) is 0 Å². The topological polar surface area (TPSA) is 32.3 Å². The van der Waals surface area contributed by atoms with Crippen LogP contribution in [0.25, 0.3) is 0 Å². The van der Waals surface area contributed by atoms with E-state index in [0.717, 1.165) is 6.42 Å². The highest BCUT2D eigenvalue weighted by Crippen LogP contribution is 2.27. The van der Waals surface area contributed by atoms with E-state index in [9.17, 15) is 0 Å². The first-order valence-electron chi connectivity index (χ1n) is 2.24. The van der Waals surface area contributed by atoms with Crippen molar-refractivity contribution in [2.24, 2.45) is 5.92 Å². The van der Waals surface area contributed by atoms with E-state index in [1.54, 1.807) is 0 Å². The van der Waals surface area contributed by atoms with Gasteiger partial charge in [0.2, 0.25) is 0 Å². The Morgan fingerprint density at radius 2 is 2.33 bits per heavy atom. The van der Waals surface area contributed by atoms with Crippen molar-refractivity contribution in [1.82, 2.24) is 5.48 Å². The van der Waals surface area contributed by atoms with Crippen molar-refractivity contribution in [1.29, 1.82) is 0 Å². The lowest BCUT2D eigenvalue weighted by Crippen LogP contribution is -2.10. The van der Waals surface area contributed by atoms with Crippen LogP contribution in [0.15, 0.2) is 0 Å². The summed E-state index contributed by atoms with van der Waals surface area (Å²) in [7, 11) is 0. The molecule has 1 unspecified atom stereocenters. The molecule has 2 heteroatoms. The number of hydrogen-bond donors (Lipinski definition) is 2. The average Bonchev–Trinajstić information content (AvgIpc) is 2.19. The Bertz CT molecular complexity index is 53.5. The minimum Gasteiger partial charge on any atom is -0.317 e. The molecule has 0 bridgehead atoms. The molecule has 0 saturated heterocycles. The monoisotopic (exact) mass is 87.1 g/mol. The molecule has 1 aliphatic carbocycles. The lowest BCUT2D eigenvalue weighted by atomic mass is 10.5. The number of hydroxylamine groups is 1. The fraction of sp³-hybridized carbons (Fsp3) is 1.00. The van der Waals surface area contributed by atoms with Gasteiger partial charge in [0.15, 0.2) is 0 Å². The quantitative estimate of drug-likeness (QED) is 0.453. The van der Waals surface area contributed by atoms with Crippen molar-refractivity contribution in [3.8, 4) is 0 Å². The van der Waals surface area contributed by atoms with E-state index >= 15 is 0 Å². The smallest absolute Gasteiger partial charge is 0.0349 e. The van der Waals surface area contributed by atoms with Crippen molar-refractivity contribution in [2.75, 3.05) is 0 Å². The largest absolute Gasteiger partial charge is 0.317 e. The first kappa shape index (κ1) is 4.09. The van der Waals surface area contributed by atoms with Gasteiger partial charge in [-0.3, -0.25) is 0 Å². The number of rotatable bonds is 1. The van der Waals surface area contributed by atoms with Crippen LogP contribution in [0, 0.1) is 5.92 Å². The van der Waals surface area contributed by atoms with E-state index < -0.39 is 0 Å². The summed E-state index contributed by atoms with van der Waals surface area (Å²) < 4.78 is 0. The molecule has 1 rings (SSSR count). The van der Waals surface area contributed by atoms with Gasteiger partial charge in [0.25, 0.3) is 0 Å². The lowest BCUT2D eigenvalue weighted by molar-refractivity contribution is 0.156. The van der Waals surface area contributed by atoms with E-state index in [1.165, 1.54) is 0 Å². The second-order valence-corrected chi connectivity index (χ2v) is 1.95. The maximum Gasteiger partial charge on any atom is 0.0349 e. The Hall–Kier alpha value is -0.0800. The highest BCUT2D eigenvalue weighted by Gasteiger charge is 2.31. The molecule has 0 aliphatic heterocycles. The fourth-order valence-corrected chi connectivity index (χ4v) is 0.502. The summed E-state index contributed by atoms with van der Waals surface area (Å²) in [5, 5.41) is 8.13. The summed E-state index contributed by atoms with van der Waals surface area (Å²) in [5.74, 6) is 0.704. The molecule has 1 fully saturated rings. The zero-order chi connectivity index (χ0) is 4.57. The van der Waals surface area contributed by atoms with Crippen LogP contribution in [0.5, 0.6) is 0 Å². The van der Waals surface area contributed by atoms with Gasteiger partial charge in [-0.2, -0.15) is 0 Å². The van der Waals surface area contributed by atoms with Crippen LogP contribution in [0.2, 0.25) is 0 Å². The maximum atomic E-state index is 8.13. The van der Waals surface area contributed by atoms with Crippen LogP contribution < -0.4 is 5.48 Å². The summed E-state index contributed by atoms with van der Waals surface area (Å²) in [6, 6.07) is 0.407. The lowest BCUT2D eigenvalue weighted by Gasteiger charge is -1.83. The molecule has 2 nitrogen and oxygen atoms in total. The molecule has 0 heterocycles. The molecule has 2 N–H and O–H groups in total. The number of hydrogen-bond acceptors (Lipinski definition) is 2. The molecular weight excluding hydrogens is 78.0 g/mol. The Kier molecular flexibility index (Phi) is 0.821. The molecule has 0 spiro atoms. The first-order valence-corrected chi connectivity index (χ1v) is 2.24. The third kappa shape index (κ3) is 0.533. The van der Waals surface area contributed by atoms with Gasteiger partial charge in [0, 0.05) is 6.04 Å². The van der Waals surface area contributed by atoms with E-state index in [1.807, 2.05) is 0 Å². The highest BCUT2D eigenvalue weighted by molar-refractivity contribution is 4.86. The SMILES string of the molecule is CC1C[C@@H]1NO. The van der Waals surface area contributed by atoms with Crippen molar-refractivity contribution in [2.45, 2.75) is 19.4 Å². The summed E-state index contributed by atoms with van der Waals surface area (Å²) >= 11 is 0. The zero-order valence-corrected chi connectivity index (χ0v) is 3.81. The molecule has 0 aromatic heterocycles. The van der Waals surface area contributed by atoms with Gasteiger partial charge in [-0.1, -0.05) is 6.92 Å². The molecule has 0 aromatic rings. The van der Waals surface area contributed by atoms with E-state index in [2.05, 4.69) is 12.4 Å². The van der Waals surface area contributed by atoms with Gasteiger partial charge in [-0.15, -0.1) is 0 Å². The zero-order valence-electron chi connectivity index (χ0n) is 3.81. The molecule has 2 atom stereocenters. The van der Waals surface area contributed by atoms with Crippen molar-refractivity contribution < 1.29 is 5.21 Å². The van der Waals surface area contributed by atoms with Gasteiger partial charge >= 0.3 is 0 Å². The molecule has 0 amide bonds. The molecule has 36 valence electrons. The molecule has 6 heavy (non-hydrogen) atoms. The van der Waals surface area contributed by atoms with Crippen LogP contribution in [0.4, 0.5) is 0 Å². The van der Waals surface area contributed by atoms with Crippen molar-refractivity contribution >= 4 is 0 Å². The third-order valence-corrected chi connectivity index (χ3v) is 1.28. The molecule has 0 aromatic carbocycles. The minimum atomic E-state index is 0.407. The van der Waals surface area contributed by atoms with Crippen molar-refractivity contribution in [3.63, 3.8) is 0 Å². The average molecular weight is 87.1 g/mol. The first-order chi connectivity index (χ1) is 2.84. The maximum absolute atomic E-state index is 8.13. The summed E-state index contributed by atoms with van der Waals surface area (Å²) in [6.45, 7) is 2.11. The Balaban J connectivity index is 2.09. The predicted molar refractivity (Wildman–Crippen MR) is 22.5 cm³/mol. The minimum absolute atomic E-state index is 0.407. The molecular formula is C4H9NO. The second-order valence-electron chi connectivity index (χ2n) is 1.95. The molecule has 1 saturated carbocycles. The van der Waals surface area contributed by atoms with Crippen LogP contribution in [-0.2, 0) is 0 Å². The Labute approximate surface area is 37.1 Å². The van der Waals surface area contributed by atoms with Gasteiger partial charge < -0.3 is 5.21 Å². The van der Waals surface area contributed by atoms with Crippen LogP contribution in [0.3, 0.4) is 0 Å². The molecule has 0 radical (unpaired) electrons. The van der Waals surface area contributed by atoms with E-state index in [0.29, 0.717) is 12.0 Å². The van der Waals surface area contributed by atoms with E-state index in [4.69, 9.17) is 5.21 Å². The number of nitrogens with one attached hydrogen (secondary N) is 1. The highest BCUT2D eigenvalue weighted by atomic mass is 16.5. The van der Waals surface area contributed by atoms with Crippen LogP contribution >= 0.6 is 0 Å². The van der Waals surface area contributed by atoms with Gasteiger partial charge in [0.1, 0.15) is 0 Å². The van der Waals surface area contributed by atoms with E-state index in [-0.39, 0.29) is 0 Å². The second kappa shape index (κ2) is 1.21. The summed E-state index contributed by atoms with van der Waals surface area (Å²) in [5.41, 5.74) is 2.19. The molecule has 1 aliphatic rings. The van der Waals surface area contributed by atoms with Crippen LogP contribution in [-0.4, -0.2) is 11.2 Å². The van der Waals surface area contributed by atoms with Crippen molar-refractivity contribution in [3.05, 3.63) is 0 Å². The summed E-state index contributed by atoms with van der Waals surface area (Å²) in [4.78, 5) is 0. The third-order valence-electron chi connectivity index (χ3n) is 1.28. The Morgan fingerprint density at radius 3 is 2.33 bits per heavy atom. The normalized spacial score (nSPS) is 43.0. The van der Waals surface area contributed by atoms with Gasteiger partial charge in [-0.05, 0) is 12.3 Å². The summed E-state index contributed by atoms with van der Waals surface area (Å²) in [6.07, 6.45) is 1.14. The fourth-order valence-electron chi connectivity index (χ4n) is 0.502. The Morgan fingerprint density at radius 1 is 1.83 bits per heavy atom. The predicted octanol–water partition coefficient (Wildman–Crippen LogP) is 0.374. The van der Waals surface area contributed by atoms with Gasteiger partial charge in [-0.25, -0.2) is 5.48 Å². The van der Waals surface area contributed by atoms with Crippen LogP contribution in [0.1, 0.15) is 13.3 Å².